The van der Waals surface area contributed by atoms with Gasteiger partial charge in [-0.2, -0.15) is 0 Å². The van der Waals surface area contributed by atoms with Gasteiger partial charge in [0.05, 0.1) is 0 Å². The lowest BCUT2D eigenvalue weighted by molar-refractivity contribution is -0.118. The van der Waals surface area contributed by atoms with E-state index in [1.54, 1.807) is 24.3 Å². The Labute approximate surface area is 124 Å². The number of fused-ring (bicyclic) bond motifs is 1. The first-order chi connectivity index (χ1) is 10.6. The molecule has 1 amide bonds. The van der Waals surface area contributed by atoms with Crippen LogP contribution >= 0.6 is 0 Å². The van der Waals surface area contributed by atoms with E-state index < -0.39 is 17.5 Å². The van der Waals surface area contributed by atoms with Gasteiger partial charge in [0.1, 0.15) is 11.4 Å². The Kier molecular flexibility index (Phi) is 3.26. The summed E-state index contributed by atoms with van der Waals surface area (Å²) < 4.78 is 4.45. The number of para-hydroxylation sites is 1. The van der Waals surface area contributed by atoms with Gasteiger partial charge < -0.3 is 10.6 Å². The zero-order chi connectivity index (χ0) is 15.7. The maximum atomic E-state index is 12.4. The van der Waals surface area contributed by atoms with Gasteiger partial charge in [-0.05, 0) is 22.4 Å². The molecule has 8 nitrogen and oxygen atoms in total. The number of nitrogens with zero attached hydrogens (tertiary/aromatic N) is 2. The van der Waals surface area contributed by atoms with Crippen LogP contribution in [0.3, 0.4) is 0 Å². The number of aromatic nitrogens is 2. The SMILES string of the molecule is CC(=O)NC1=C(Nc2ccccc2)C(=O)c2nonc2C1=O. The van der Waals surface area contributed by atoms with E-state index in [-0.39, 0.29) is 22.8 Å². The van der Waals surface area contributed by atoms with Gasteiger partial charge in [-0.15, -0.1) is 0 Å². The molecule has 0 bridgehead atoms. The summed E-state index contributed by atoms with van der Waals surface area (Å²) in [6.07, 6.45) is 0. The molecule has 0 saturated carbocycles. The maximum Gasteiger partial charge on any atom is 0.235 e. The molecule has 0 aliphatic heterocycles. The van der Waals surface area contributed by atoms with Crippen LogP contribution in [0.25, 0.3) is 0 Å². The third-order valence-electron chi connectivity index (χ3n) is 2.97. The van der Waals surface area contributed by atoms with Crippen molar-refractivity contribution in [1.29, 1.82) is 0 Å². The fraction of sp³-hybridized carbons (Fsp3) is 0.0714. The van der Waals surface area contributed by atoms with E-state index in [1.165, 1.54) is 6.92 Å². The summed E-state index contributed by atoms with van der Waals surface area (Å²) in [6, 6.07) is 8.76. The van der Waals surface area contributed by atoms with Crippen LogP contribution in [0.2, 0.25) is 0 Å². The fourth-order valence-electron chi connectivity index (χ4n) is 2.03. The second-order valence-electron chi connectivity index (χ2n) is 4.54. The van der Waals surface area contributed by atoms with E-state index in [1.807, 2.05) is 6.07 Å². The fourth-order valence-corrected chi connectivity index (χ4v) is 2.03. The third kappa shape index (κ3) is 2.26. The standard InChI is InChI=1S/C14H10N4O4/c1-7(19)15-9-10(16-8-5-3-2-4-6-8)14(21)12-11(13(9)20)17-22-18-12/h2-6,16H,1H3,(H,15,19). The van der Waals surface area contributed by atoms with Crippen LogP contribution in [0.4, 0.5) is 5.69 Å². The van der Waals surface area contributed by atoms with Gasteiger partial charge >= 0.3 is 0 Å². The molecule has 1 aromatic heterocycles. The third-order valence-corrected chi connectivity index (χ3v) is 2.97. The van der Waals surface area contributed by atoms with E-state index in [0.29, 0.717) is 5.69 Å². The topological polar surface area (TPSA) is 114 Å². The van der Waals surface area contributed by atoms with Gasteiger partial charge in [0.25, 0.3) is 0 Å². The molecule has 0 radical (unpaired) electrons. The predicted molar refractivity (Wildman–Crippen MR) is 73.9 cm³/mol. The van der Waals surface area contributed by atoms with Gasteiger partial charge in [0.2, 0.25) is 17.5 Å². The predicted octanol–water partition coefficient (Wildman–Crippen LogP) is 0.908. The highest BCUT2D eigenvalue weighted by Gasteiger charge is 2.37. The summed E-state index contributed by atoms with van der Waals surface area (Å²) in [5, 5.41) is 12.1. The van der Waals surface area contributed by atoms with Crippen LogP contribution < -0.4 is 10.6 Å². The van der Waals surface area contributed by atoms with E-state index in [4.69, 9.17) is 0 Å². The summed E-state index contributed by atoms with van der Waals surface area (Å²) in [5.41, 5.74) is -0.0644. The molecule has 22 heavy (non-hydrogen) atoms. The highest BCUT2D eigenvalue weighted by atomic mass is 16.6. The number of nitrogens with one attached hydrogen (secondary N) is 2. The highest BCUT2D eigenvalue weighted by molar-refractivity contribution is 6.26. The Morgan fingerprint density at radius 3 is 2.18 bits per heavy atom. The lowest BCUT2D eigenvalue weighted by atomic mass is 9.98. The quantitative estimate of drug-likeness (QED) is 0.865. The zero-order valence-electron chi connectivity index (χ0n) is 11.4. The number of amides is 1. The van der Waals surface area contributed by atoms with Crippen molar-refractivity contribution in [1.82, 2.24) is 15.6 Å². The molecule has 0 spiro atoms. The summed E-state index contributed by atoms with van der Waals surface area (Å²) in [7, 11) is 0. The van der Waals surface area contributed by atoms with Crippen molar-refractivity contribution in [3.63, 3.8) is 0 Å². The highest BCUT2D eigenvalue weighted by Crippen LogP contribution is 2.24. The Morgan fingerprint density at radius 1 is 1.00 bits per heavy atom. The van der Waals surface area contributed by atoms with Crippen molar-refractivity contribution in [3.8, 4) is 0 Å². The molecule has 2 aromatic rings. The number of ketones is 2. The molecule has 1 aliphatic rings. The number of carbonyl (C=O) groups is 3. The molecule has 2 N–H and O–H groups in total. The lowest BCUT2D eigenvalue weighted by Gasteiger charge is -2.18. The number of Topliss-reactive ketones (excluding diaryl/α,β-unsaturated/α-hetero) is 2. The smallest absolute Gasteiger partial charge is 0.235 e. The van der Waals surface area contributed by atoms with Crippen LogP contribution in [-0.4, -0.2) is 27.8 Å². The molecule has 1 aromatic carbocycles. The number of carbonyl (C=O) groups excluding carboxylic acids is 3. The first kappa shape index (κ1) is 13.7. The van der Waals surface area contributed by atoms with E-state index >= 15 is 0 Å². The Bertz CT molecular complexity index is 807. The molecule has 3 rings (SSSR count). The van der Waals surface area contributed by atoms with Gasteiger partial charge in [-0.25, -0.2) is 4.63 Å². The minimum Gasteiger partial charge on any atom is -0.350 e. The largest absolute Gasteiger partial charge is 0.350 e. The van der Waals surface area contributed by atoms with Crippen molar-refractivity contribution in [2.24, 2.45) is 0 Å². The molecule has 1 aliphatic carbocycles. The van der Waals surface area contributed by atoms with Gasteiger partial charge in [0, 0.05) is 12.6 Å². The second-order valence-corrected chi connectivity index (χ2v) is 4.54. The Balaban J connectivity index is 2.09. The summed E-state index contributed by atoms with van der Waals surface area (Å²) in [4.78, 5) is 36.1. The summed E-state index contributed by atoms with van der Waals surface area (Å²) in [5.74, 6) is -1.70. The molecule has 0 fully saturated rings. The van der Waals surface area contributed by atoms with Gasteiger partial charge in [-0.1, -0.05) is 18.2 Å². The van der Waals surface area contributed by atoms with Crippen molar-refractivity contribution >= 4 is 23.2 Å². The zero-order valence-corrected chi connectivity index (χ0v) is 11.4. The van der Waals surface area contributed by atoms with Gasteiger partial charge in [-0.3, -0.25) is 14.4 Å². The summed E-state index contributed by atoms with van der Waals surface area (Å²) in [6.45, 7) is 1.24. The van der Waals surface area contributed by atoms with Crippen molar-refractivity contribution in [3.05, 3.63) is 53.1 Å². The number of hydrogen-bond donors (Lipinski definition) is 2. The molecule has 0 unspecified atom stereocenters. The summed E-state index contributed by atoms with van der Waals surface area (Å²) >= 11 is 0. The molecule has 8 heteroatoms. The van der Waals surface area contributed by atoms with E-state index in [0.717, 1.165) is 0 Å². The minimum absolute atomic E-state index is 0.0744. The van der Waals surface area contributed by atoms with Gasteiger partial charge in [0.15, 0.2) is 11.4 Å². The number of anilines is 1. The molecule has 110 valence electrons. The van der Waals surface area contributed by atoms with E-state index in [2.05, 4.69) is 25.6 Å². The van der Waals surface area contributed by atoms with Crippen LogP contribution in [0, 0.1) is 0 Å². The molecular formula is C14H10N4O4. The normalized spacial score (nSPS) is 13.9. The minimum atomic E-state index is -0.635. The van der Waals surface area contributed by atoms with Crippen molar-refractivity contribution in [2.45, 2.75) is 6.92 Å². The number of rotatable bonds is 3. The monoisotopic (exact) mass is 298 g/mol. The van der Waals surface area contributed by atoms with Crippen LogP contribution in [0.5, 0.6) is 0 Å². The second kappa shape index (κ2) is 5.24. The molecule has 1 heterocycles. The maximum absolute atomic E-state index is 12.4. The number of hydrogen-bond acceptors (Lipinski definition) is 7. The average molecular weight is 298 g/mol. The number of benzene rings is 1. The van der Waals surface area contributed by atoms with Crippen molar-refractivity contribution < 1.29 is 19.0 Å². The first-order valence-corrected chi connectivity index (χ1v) is 6.34. The van der Waals surface area contributed by atoms with Crippen LogP contribution in [0.15, 0.2) is 46.4 Å². The Morgan fingerprint density at radius 2 is 1.59 bits per heavy atom. The van der Waals surface area contributed by atoms with Crippen LogP contribution in [0.1, 0.15) is 27.9 Å². The molecule has 0 atom stereocenters. The van der Waals surface area contributed by atoms with E-state index in [9.17, 15) is 14.4 Å². The molecule has 0 saturated heterocycles. The average Bonchev–Trinajstić information content (AvgIpc) is 2.99. The lowest BCUT2D eigenvalue weighted by Crippen LogP contribution is -2.35. The van der Waals surface area contributed by atoms with Crippen LogP contribution in [-0.2, 0) is 4.79 Å². The first-order valence-electron chi connectivity index (χ1n) is 6.34. The number of allylic oxidation sites excluding steroid dienone is 2. The molecular weight excluding hydrogens is 288 g/mol. The van der Waals surface area contributed by atoms with Crippen molar-refractivity contribution in [2.75, 3.05) is 5.32 Å². The Hall–Kier alpha value is -3.29.